The van der Waals surface area contributed by atoms with E-state index in [2.05, 4.69) is 0 Å². The minimum atomic E-state index is -0.268. The third kappa shape index (κ3) is 2.42. The predicted octanol–water partition coefficient (Wildman–Crippen LogP) is 3.17. The molecule has 1 aliphatic carbocycles. The van der Waals surface area contributed by atoms with Gasteiger partial charge in [-0.3, -0.25) is 4.79 Å². The molecule has 0 spiro atoms. The molecule has 6 heteroatoms. The van der Waals surface area contributed by atoms with E-state index in [0.29, 0.717) is 28.2 Å². The Balaban J connectivity index is 1.84. The SMILES string of the molecule is O=C1CN(CC2CC2)C(=O)N1c1ccc(Cl)c(Cl)c1. The molecule has 3 rings (SSSR count). The average molecular weight is 299 g/mol. The van der Waals surface area contributed by atoms with Gasteiger partial charge in [0.2, 0.25) is 0 Å². The van der Waals surface area contributed by atoms with Crippen LogP contribution in [-0.4, -0.2) is 29.9 Å². The van der Waals surface area contributed by atoms with Gasteiger partial charge in [0.15, 0.2) is 0 Å². The molecule has 1 saturated carbocycles. The Morgan fingerprint density at radius 3 is 2.53 bits per heavy atom. The normalized spacial score (nSPS) is 19.5. The number of halogens is 2. The smallest absolute Gasteiger partial charge is 0.314 e. The number of amides is 3. The number of urea groups is 1. The summed E-state index contributed by atoms with van der Waals surface area (Å²) in [7, 11) is 0. The van der Waals surface area contributed by atoms with Gasteiger partial charge >= 0.3 is 6.03 Å². The molecule has 1 aromatic rings. The van der Waals surface area contributed by atoms with Crippen molar-refractivity contribution in [2.75, 3.05) is 18.0 Å². The Kier molecular flexibility index (Phi) is 3.15. The maximum absolute atomic E-state index is 12.2. The van der Waals surface area contributed by atoms with E-state index < -0.39 is 0 Å². The fourth-order valence-electron chi connectivity index (χ4n) is 2.18. The molecular formula is C13H12Cl2N2O2. The van der Waals surface area contributed by atoms with Crippen LogP contribution in [0.25, 0.3) is 0 Å². The minimum absolute atomic E-state index is 0.148. The second-order valence-corrected chi connectivity index (χ2v) is 5.75. The highest BCUT2D eigenvalue weighted by Crippen LogP contribution is 2.33. The van der Waals surface area contributed by atoms with Gasteiger partial charge in [-0.1, -0.05) is 23.2 Å². The summed E-state index contributed by atoms with van der Waals surface area (Å²) in [6.45, 7) is 0.817. The molecular weight excluding hydrogens is 287 g/mol. The number of anilines is 1. The number of hydrogen-bond acceptors (Lipinski definition) is 2. The van der Waals surface area contributed by atoms with Crippen LogP contribution < -0.4 is 4.90 Å². The van der Waals surface area contributed by atoms with Crippen molar-refractivity contribution in [2.45, 2.75) is 12.8 Å². The molecule has 1 heterocycles. The lowest BCUT2D eigenvalue weighted by Crippen LogP contribution is -2.33. The molecule has 1 aromatic carbocycles. The highest BCUT2D eigenvalue weighted by atomic mass is 35.5. The molecule has 19 heavy (non-hydrogen) atoms. The van der Waals surface area contributed by atoms with Gasteiger partial charge in [-0.2, -0.15) is 0 Å². The quantitative estimate of drug-likeness (QED) is 0.804. The van der Waals surface area contributed by atoms with Crippen LogP contribution in [0.3, 0.4) is 0 Å². The summed E-state index contributed by atoms with van der Waals surface area (Å²) in [4.78, 5) is 27.0. The molecule has 0 aromatic heterocycles. The zero-order chi connectivity index (χ0) is 13.6. The van der Waals surface area contributed by atoms with Crippen molar-refractivity contribution in [2.24, 2.45) is 5.92 Å². The van der Waals surface area contributed by atoms with Gasteiger partial charge in [0.05, 0.1) is 15.7 Å². The van der Waals surface area contributed by atoms with Gasteiger partial charge in [0, 0.05) is 6.54 Å². The van der Waals surface area contributed by atoms with Gasteiger partial charge in [0.1, 0.15) is 6.54 Å². The number of imide groups is 1. The van der Waals surface area contributed by atoms with Crippen molar-refractivity contribution in [1.82, 2.24) is 4.90 Å². The van der Waals surface area contributed by atoms with Gasteiger partial charge in [-0.15, -0.1) is 0 Å². The van der Waals surface area contributed by atoms with E-state index in [-0.39, 0.29) is 18.5 Å². The second-order valence-electron chi connectivity index (χ2n) is 4.93. The summed E-state index contributed by atoms with van der Waals surface area (Å²) in [5, 5.41) is 0.736. The predicted molar refractivity (Wildman–Crippen MR) is 73.6 cm³/mol. The molecule has 100 valence electrons. The number of carbonyl (C=O) groups excluding carboxylic acids is 2. The molecule has 3 amide bonds. The molecule has 1 saturated heterocycles. The molecule has 0 bridgehead atoms. The lowest BCUT2D eigenvalue weighted by Gasteiger charge is -2.17. The van der Waals surface area contributed by atoms with E-state index in [0.717, 1.165) is 12.8 Å². The number of nitrogens with zero attached hydrogens (tertiary/aromatic N) is 2. The molecule has 0 radical (unpaired) electrons. The van der Waals surface area contributed by atoms with E-state index in [4.69, 9.17) is 23.2 Å². The number of hydrogen-bond donors (Lipinski definition) is 0. The van der Waals surface area contributed by atoms with Crippen molar-refractivity contribution in [3.8, 4) is 0 Å². The van der Waals surface area contributed by atoms with Gasteiger partial charge < -0.3 is 4.90 Å². The third-order valence-corrected chi connectivity index (χ3v) is 4.11. The highest BCUT2D eigenvalue weighted by Gasteiger charge is 2.39. The van der Waals surface area contributed by atoms with Gasteiger partial charge in [-0.05, 0) is 37.0 Å². The average Bonchev–Trinajstić information content (AvgIpc) is 3.12. The van der Waals surface area contributed by atoms with Crippen molar-refractivity contribution in [3.63, 3.8) is 0 Å². The van der Waals surface area contributed by atoms with Crippen LogP contribution in [0.15, 0.2) is 18.2 Å². The zero-order valence-electron chi connectivity index (χ0n) is 10.1. The van der Waals surface area contributed by atoms with E-state index in [1.54, 1.807) is 23.1 Å². The molecule has 2 fully saturated rings. The maximum atomic E-state index is 12.2. The van der Waals surface area contributed by atoms with E-state index in [9.17, 15) is 9.59 Å². The van der Waals surface area contributed by atoms with Crippen LogP contribution >= 0.6 is 23.2 Å². The van der Waals surface area contributed by atoms with Gasteiger partial charge in [0.25, 0.3) is 5.91 Å². The van der Waals surface area contributed by atoms with Crippen LogP contribution in [0.1, 0.15) is 12.8 Å². The Bertz CT molecular complexity index is 558. The van der Waals surface area contributed by atoms with E-state index in [1.807, 2.05) is 0 Å². The monoisotopic (exact) mass is 298 g/mol. The second kappa shape index (κ2) is 4.69. The first-order chi connectivity index (χ1) is 9.06. The van der Waals surface area contributed by atoms with E-state index >= 15 is 0 Å². The van der Waals surface area contributed by atoms with Gasteiger partial charge in [-0.25, -0.2) is 9.69 Å². The lowest BCUT2D eigenvalue weighted by molar-refractivity contribution is -0.116. The summed E-state index contributed by atoms with van der Waals surface area (Å²) in [5.41, 5.74) is 0.475. The Morgan fingerprint density at radius 1 is 1.16 bits per heavy atom. The molecule has 0 atom stereocenters. The van der Waals surface area contributed by atoms with E-state index in [1.165, 1.54) is 4.90 Å². The number of carbonyl (C=O) groups is 2. The highest BCUT2D eigenvalue weighted by molar-refractivity contribution is 6.42. The van der Waals surface area contributed by atoms with Crippen molar-refractivity contribution in [1.29, 1.82) is 0 Å². The first-order valence-corrected chi connectivity index (χ1v) is 6.89. The first kappa shape index (κ1) is 12.8. The van der Waals surface area contributed by atoms with Crippen LogP contribution in [0.5, 0.6) is 0 Å². The van der Waals surface area contributed by atoms with Crippen LogP contribution in [0.4, 0.5) is 10.5 Å². The maximum Gasteiger partial charge on any atom is 0.331 e. The number of benzene rings is 1. The van der Waals surface area contributed by atoms with Crippen LogP contribution in [0.2, 0.25) is 10.0 Å². The largest absolute Gasteiger partial charge is 0.331 e. The molecule has 1 aliphatic heterocycles. The molecule has 2 aliphatic rings. The molecule has 4 nitrogen and oxygen atoms in total. The topological polar surface area (TPSA) is 40.6 Å². The fourth-order valence-corrected chi connectivity index (χ4v) is 2.48. The Hall–Kier alpha value is -1.26. The minimum Gasteiger partial charge on any atom is -0.314 e. The van der Waals surface area contributed by atoms with Crippen molar-refractivity contribution >= 4 is 40.8 Å². The van der Waals surface area contributed by atoms with Crippen molar-refractivity contribution < 1.29 is 9.59 Å². The Morgan fingerprint density at radius 2 is 1.89 bits per heavy atom. The van der Waals surface area contributed by atoms with Crippen molar-refractivity contribution in [3.05, 3.63) is 28.2 Å². The van der Waals surface area contributed by atoms with Crippen LogP contribution in [0, 0.1) is 5.92 Å². The fraction of sp³-hybridized carbons (Fsp3) is 0.385. The number of rotatable bonds is 3. The third-order valence-electron chi connectivity index (χ3n) is 3.37. The summed E-state index contributed by atoms with van der Waals surface area (Å²) < 4.78 is 0. The first-order valence-electron chi connectivity index (χ1n) is 6.13. The lowest BCUT2D eigenvalue weighted by atomic mass is 10.3. The summed E-state index contributed by atoms with van der Waals surface area (Å²) >= 11 is 11.8. The zero-order valence-corrected chi connectivity index (χ0v) is 11.6. The Labute approximate surface area is 120 Å². The summed E-state index contributed by atoms with van der Waals surface area (Å²) in [5.74, 6) is 0.342. The molecule has 0 unspecified atom stereocenters. The summed E-state index contributed by atoms with van der Waals surface area (Å²) in [6.07, 6.45) is 2.29. The summed E-state index contributed by atoms with van der Waals surface area (Å²) in [6, 6.07) is 4.49. The standard InChI is InChI=1S/C13H12Cl2N2O2/c14-10-4-3-9(5-11(10)15)17-12(18)7-16(13(17)19)6-8-1-2-8/h3-5,8H,1-2,6-7H2. The van der Waals surface area contributed by atoms with Crippen LogP contribution in [-0.2, 0) is 4.79 Å². The molecule has 0 N–H and O–H groups in total.